The van der Waals surface area contributed by atoms with E-state index in [1.807, 2.05) is 12.1 Å². The van der Waals surface area contributed by atoms with Gasteiger partial charge in [-0.1, -0.05) is 0 Å². The zero-order chi connectivity index (χ0) is 19.3. The van der Waals surface area contributed by atoms with Gasteiger partial charge in [-0.05, 0) is 63.2 Å². The fraction of sp³-hybridized carbons (Fsp3) is 0.684. The van der Waals surface area contributed by atoms with Crippen LogP contribution in [0.2, 0.25) is 0 Å². The smallest absolute Gasteiger partial charge is 0.238 e. The lowest BCUT2D eigenvalue weighted by Gasteiger charge is -2.31. The second kappa shape index (κ2) is 9.01. The highest BCUT2D eigenvalue weighted by Gasteiger charge is 2.23. The van der Waals surface area contributed by atoms with Crippen LogP contribution < -0.4 is 10.2 Å². The zero-order valence-electron chi connectivity index (χ0n) is 16.1. The largest absolute Gasteiger partial charge is 0.357 e. The molecule has 150 valence electrons. The number of rotatable bonds is 6. The van der Waals surface area contributed by atoms with Crippen LogP contribution in [-0.2, 0) is 14.6 Å². The molecule has 0 unspecified atom stereocenters. The molecule has 2 saturated heterocycles. The highest BCUT2D eigenvalue weighted by Crippen LogP contribution is 2.20. The highest BCUT2D eigenvalue weighted by molar-refractivity contribution is 7.90. The molecule has 0 spiro atoms. The fourth-order valence-corrected chi connectivity index (χ4v) is 5.10. The van der Waals surface area contributed by atoms with Crippen molar-refractivity contribution in [2.45, 2.75) is 32.1 Å². The molecular formula is C19H30N4O3S. The van der Waals surface area contributed by atoms with Gasteiger partial charge in [0, 0.05) is 19.3 Å². The third-order valence-electron chi connectivity index (χ3n) is 5.32. The second-order valence-electron chi connectivity index (χ2n) is 7.81. The first kappa shape index (κ1) is 20.1. The lowest BCUT2D eigenvalue weighted by molar-refractivity contribution is -0.117. The Labute approximate surface area is 162 Å². The van der Waals surface area contributed by atoms with Crippen LogP contribution in [0.4, 0.5) is 11.5 Å². The van der Waals surface area contributed by atoms with Gasteiger partial charge in [0.25, 0.3) is 0 Å². The van der Waals surface area contributed by atoms with Crippen molar-refractivity contribution >= 4 is 27.2 Å². The highest BCUT2D eigenvalue weighted by atomic mass is 32.2. The van der Waals surface area contributed by atoms with Crippen molar-refractivity contribution < 1.29 is 13.2 Å². The Morgan fingerprint density at radius 3 is 2.44 bits per heavy atom. The molecule has 0 saturated carbocycles. The maximum absolute atomic E-state index is 12.3. The van der Waals surface area contributed by atoms with Gasteiger partial charge in [-0.3, -0.25) is 9.69 Å². The summed E-state index contributed by atoms with van der Waals surface area (Å²) >= 11 is 0. The molecule has 27 heavy (non-hydrogen) atoms. The molecule has 3 heterocycles. The molecule has 1 amide bonds. The van der Waals surface area contributed by atoms with Crippen molar-refractivity contribution in [1.29, 1.82) is 0 Å². The lowest BCUT2D eigenvalue weighted by atomic mass is 9.99. The van der Waals surface area contributed by atoms with Gasteiger partial charge in [-0.15, -0.1) is 0 Å². The van der Waals surface area contributed by atoms with E-state index in [-0.39, 0.29) is 17.6 Å². The van der Waals surface area contributed by atoms with Gasteiger partial charge in [0.2, 0.25) is 5.91 Å². The van der Waals surface area contributed by atoms with Crippen LogP contribution in [0.25, 0.3) is 0 Å². The molecule has 1 aromatic rings. The van der Waals surface area contributed by atoms with Crippen molar-refractivity contribution in [3.05, 3.63) is 18.3 Å². The Kier molecular flexibility index (Phi) is 6.70. The molecule has 2 aliphatic heterocycles. The molecule has 0 aliphatic carbocycles. The topological polar surface area (TPSA) is 82.6 Å². The van der Waals surface area contributed by atoms with E-state index in [2.05, 4.69) is 20.1 Å². The molecule has 2 aliphatic rings. The van der Waals surface area contributed by atoms with E-state index < -0.39 is 9.84 Å². The number of nitrogens with zero attached hydrogens (tertiary/aromatic N) is 3. The van der Waals surface area contributed by atoms with Crippen molar-refractivity contribution in [3.63, 3.8) is 0 Å². The summed E-state index contributed by atoms with van der Waals surface area (Å²) in [5.74, 6) is 1.39. The van der Waals surface area contributed by atoms with Crippen LogP contribution in [0, 0.1) is 5.92 Å². The average molecular weight is 395 g/mol. The van der Waals surface area contributed by atoms with Gasteiger partial charge < -0.3 is 10.2 Å². The molecule has 1 N–H and O–H groups in total. The third kappa shape index (κ3) is 6.46. The Hall–Kier alpha value is -1.67. The average Bonchev–Trinajstić information content (AvgIpc) is 2.63. The summed E-state index contributed by atoms with van der Waals surface area (Å²) in [4.78, 5) is 21.2. The Morgan fingerprint density at radius 2 is 1.85 bits per heavy atom. The molecule has 0 bridgehead atoms. The summed E-state index contributed by atoms with van der Waals surface area (Å²) in [5, 5.41) is 2.91. The number of sulfone groups is 1. The number of hydrogen-bond donors (Lipinski definition) is 1. The molecule has 0 aromatic carbocycles. The van der Waals surface area contributed by atoms with Gasteiger partial charge in [-0.25, -0.2) is 13.4 Å². The van der Waals surface area contributed by atoms with Gasteiger partial charge >= 0.3 is 0 Å². The summed E-state index contributed by atoms with van der Waals surface area (Å²) in [6.45, 7) is 3.96. The first-order valence-corrected chi connectivity index (χ1v) is 11.9. The Bertz CT molecular complexity index is 722. The molecule has 3 rings (SSSR count). The predicted molar refractivity (Wildman–Crippen MR) is 108 cm³/mol. The molecule has 2 fully saturated rings. The van der Waals surface area contributed by atoms with Crippen molar-refractivity contribution in [2.75, 3.05) is 54.9 Å². The number of anilines is 2. The number of amides is 1. The molecule has 0 radical (unpaired) electrons. The van der Waals surface area contributed by atoms with Gasteiger partial charge in [0.05, 0.1) is 24.2 Å². The molecule has 0 atom stereocenters. The van der Waals surface area contributed by atoms with E-state index in [0.29, 0.717) is 12.2 Å². The van der Waals surface area contributed by atoms with Gasteiger partial charge in [-0.2, -0.15) is 0 Å². The maximum Gasteiger partial charge on any atom is 0.238 e. The number of pyridine rings is 1. The first-order chi connectivity index (χ1) is 12.9. The van der Waals surface area contributed by atoms with Crippen molar-refractivity contribution in [3.8, 4) is 0 Å². The second-order valence-corrected chi connectivity index (χ2v) is 10.00. The van der Waals surface area contributed by atoms with E-state index in [0.717, 1.165) is 44.8 Å². The predicted octanol–water partition coefficient (Wildman–Crippen LogP) is 1.77. The minimum absolute atomic E-state index is 0.0518. The summed E-state index contributed by atoms with van der Waals surface area (Å²) in [5.41, 5.74) is 0.715. The number of carbonyl (C=O) groups is 1. The first-order valence-electron chi connectivity index (χ1n) is 9.80. The maximum atomic E-state index is 12.3. The number of likely N-dealkylation sites (tertiary alicyclic amines) is 1. The fourth-order valence-electron chi connectivity index (χ4n) is 3.91. The monoisotopic (exact) mass is 394 g/mol. The number of nitrogens with one attached hydrogen (secondary N) is 1. The summed E-state index contributed by atoms with van der Waals surface area (Å²) in [7, 11) is -2.93. The van der Waals surface area contributed by atoms with Crippen molar-refractivity contribution in [1.82, 2.24) is 9.88 Å². The van der Waals surface area contributed by atoms with Crippen LogP contribution in [0.3, 0.4) is 0 Å². The summed E-state index contributed by atoms with van der Waals surface area (Å²) in [6.07, 6.45) is 8.37. The SMILES string of the molecule is CS(=O)(=O)CC1CCN(CC(=O)Nc2ccc(N3CCCCC3)nc2)CC1. The van der Waals surface area contributed by atoms with Gasteiger partial charge in [0.1, 0.15) is 15.7 Å². The third-order valence-corrected chi connectivity index (χ3v) is 6.40. The van der Waals surface area contributed by atoms with E-state index >= 15 is 0 Å². The quantitative estimate of drug-likeness (QED) is 0.792. The number of carbonyl (C=O) groups excluding carboxylic acids is 1. The van der Waals surface area contributed by atoms with E-state index in [1.165, 1.54) is 25.5 Å². The van der Waals surface area contributed by atoms with E-state index in [1.54, 1.807) is 6.20 Å². The summed E-state index contributed by atoms with van der Waals surface area (Å²) < 4.78 is 22.8. The minimum atomic E-state index is -2.93. The molecule has 8 heteroatoms. The van der Waals surface area contributed by atoms with Crippen LogP contribution >= 0.6 is 0 Å². The normalized spacial score (nSPS) is 19.8. The minimum Gasteiger partial charge on any atom is -0.357 e. The lowest BCUT2D eigenvalue weighted by Crippen LogP contribution is -2.40. The number of hydrogen-bond acceptors (Lipinski definition) is 6. The van der Waals surface area contributed by atoms with E-state index in [4.69, 9.17) is 0 Å². The van der Waals surface area contributed by atoms with E-state index in [9.17, 15) is 13.2 Å². The Morgan fingerprint density at radius 1 is 1.15 bits per heavy atom. The summed E-state index contributed by atoms with van der Waals surface area (Å²) in [6, 6.07) is 3.88. The molecule has 7 nitrogen and oxygen atoms in total. The molecule has 1 aromatic heterocycles. The van der Waals surface area contributed by atoms with Crippen LogP contribution in [0.1, 0.15) is 32.1 Å². The number of piperidine rings is 2. The standard InChI is InChI=1S/C19H30N4O3S/c1-27(25,26)15-16-7-11-22(12-8-16)14-19(24)21-17-5-6-18(20-13-17)23-9-3-2-4-10-23/h5-6,13,16H,2-4,7-12,14-15H2,1H3,(H,21,24). The zero-order valence-corrected chi connectivity index (χ0v) is 16.9. The van der Waals surface area contributed by atoms with Crippen LogP contribution in [0.5, 0.6) is 0 Å². The van der Waals surface area contributed by atoms with Crippen LogP contribution in [-0.4, -0.2) is 68.9 Å². The van der Waals surface area contributed by atoms with Crippen LogP contribution in [0.15, 0.2) is 18.3 Å². The number of aromatic nitrogens is 1. The Balaban J connectivity index is 1.43. The van der Waals surface area contributed by atoms with Crippen molar-refractivity contribution in [2.24, 2.45) is 5.92 Å². The van der Waals surface area contributed by atoms with Gasteiger partial charge in [0.15, 0.2) is 0 Å². The molecular weight excluding hydrogens is 364 g/mol.